The number of hydrogen-bond donors (Lipinski definition) is 1. The first-order valence-corrected chi connectivity index (χ1v) is 11.9. The predicted molar refractivity (Wildman–Crippen MR) is 110 cm³/mol. The van der Waals surface area contributed by atoms with Crippen LogP contribution in [0.25, 0.3) is 0 Å². The number of aliphatic carboxylic acids is 1. The van der Waals surface area contributed by atoms with Crippen molar-refractivity contribution >= 4 is 109 Å². The van der Waals surface area contributed by atoms with E-state index in [1.54, 1.807) is 6.07 Å². The molecule has 1 N–H and O–H groups in total. The number of hydrogen-bond acceptors (Lipinski definition) is 3. The van der Waals surface area contributed by atoms with Crippen molar-refractivity contribution in [2.75, 3.05) is 5.75 Å². The van der Waals surface area contributed by atoms with Crippen LogP contribution in [-0.4, -0.2) is 25.8 Å². The van der Waals surface area contributed by atoms with E-state index in [0.717, 1.165) is 9.37 Å². The SMILES string of the molecule is O=C(O)CCCSc1c(Br)cc(Br)c(SC(F)(F)C(Br)Br)c1Br. The molecule has 1 aromatic carbocycles. The van der Waals surface area contributed by atoms with Gasteiger partial charge in [0.2, 0.25) is 0 Å². The fourth-order valence-corrected chi connectivity index (χ4v) is 6.91. The van der Waals surface area contributed by atoms with E-state index in [2.05, 4.69) is 79.6 Å². The molecule has 0 radical (unpaired) electrons. The summed E-state index contributed by atoms with van der Waals surface area (Å²) in [4.78, 5) is 11.7. The van der Waals surface area contributed by atoms with Crippen molar-refractivity contribution in [2.24, 2.45) is 0 Å². The minimum Gasteiger partial charge on any atom is -0.481 e. The lowest BCUT2D eigenvalue weighted by atomic mass is 10.3. The highest BCUT2D eigenvalue weighted by Gasteiger charge is 2.39. The number of benzene rings is 1. The lowest BCUT2D eigenvalue weighted by molar-refractivity contribution is -0.137. The maximum absolute atomic E-state index is 14.0. The van der Waals surface area contributed by atoms with Gasteiger partial charge in [0.1, 0.15) is 3.74 Å². The van der Waals surface area contributed by atoms with Crippen molar-refractivity contribution in [1.82, 2.24) is 0 Å². The monoisotopic (exact) mass is 682 g/mol. The van der Waals surface area contributed by atoms with Gasteiger partial charge in [0.25, 0.3) is 0 Å². The number of halogens is 7. The van der Waals surface area contributed by atoms with Crippen LogP contribution in [0.15, 0.2) is 29.3 Å². The lowest BCUT2D eigenvalue weighted by Gasteiger charge is -2.20. The maximum Gasteiger partial charge on any atom is 0.320 e. The number of carboxylic acids is 1. The summed E-state index contributed by atoms with van der Waals surface area (Å²) < 4.78 is 28.6. The van der Waals surface area contributed by atoms with E-state index in [1.807, 2.05) is 0 Å². The van der Waals surface area contributed by atoms with Crippen LogP contribution in [0, 0.1) is 0 Å². The zero-order chi connectivity index (χ0) is 17.8. The molecule has 0 spiro atoms. The molecule has 0 aliphatic heterocycles. The largest absolute Gasteiger partial charge is 0.481 e. The van der Waals surface area contributed by atoms with Gasteiger partial charge in [0, 0.05) is 29.6 Å². The van der Waals surface area contributed by atoms with Crippen LogP contribution in [0.1, 0.15) is 12.8 Å². The molecule has 2 nitrogen and oxygen atoms in total. The van der Waals surface area contributed by atoms with Gasteiger partial charge in [-0.1, -0.05) is 31.9 Å². The molecule has 0 amide bonds. The molecule has 0 aliphatic rings. The fourth-order valence-electron chi connectivity index (χ4n) is 1.36. The van der Waals surface area contributed by atoms with E-state index < -0.39 is 15.0 Å². The van der Waals surface area contributed by atoms with E-state index in [0.29, 0.717) is 37.8 Å². The third-order valence-electron chi connectivity index (χ3n) is 2.36. The standard InChI is InChI=1S/C12H9Br5F2O2S2/c13-5-4-6(14)10(23-12(18,19)11(16)17)8(15)9(5)22-3-1-2-7(20)21/h4,11H,1-3H2,(H,20,21). The van der Waals surface area contributed by atoms with E-state index in [1.165, 1.54) is 11.8 Å². The van der Waals surface area contributed by atoms with Gasteiger partial charge < -0.3 is 5.11 Å². The topological polar surface area (TPSA) is 37.3 Å². The Morgan fingerprint density at radius 1 is 1.22 bits per heavy atom. The van der Waals surface area contributed by atoms with Crippen LogP contribution < -0.4 is 0 Å². The normalized spacial score (nSPS) is 12.0. The van der Waals surface area contributed by atoms with Crippen molar-refractivity contribution in [3.63, 3.8) is 0 Å². The van der Waals surface area contributed by atoms with Gasteiger partial charge in [-0.25, -0.2) is 0 Å². The minimum atomic E-state index is -3.05. The number of carboxylic acid groups (broad SMARTS) is 1. The second-order valence-corrected chi connectivity index (χ2v) is 11.9. The zero-order valence-corrected chi connectivity index (χ0v) is 20.7. The van der Waals surface area contributed by atoms with Gasteiger partial charge in [-0.2, -0.15) is 8.78 Å². The zero-order valence-electron chi connectivity index (χ0n) is 11.1. The highest BCUT2D eigenvalue weighted by atomic mass is 79.9. The molecule has 0 aliphatic carbocycles. The minimum absolute atomic E-state index is 0.0767. The third kappa shape index (κ3) is 7.05. The Kier molecular flexibility index (Phi) is 9.97. The summed E-state index contributed by atoms with van der Waals surface area (Å²) in [6, 6.07) is 1.71. The molecular formula is C12H9Br5F2O2S2. The summed E-state index contributed by atoms with van der Waals surface area (Å²) >= 11 is 17.6. The van der Waals surface area contributed by atoms with Gasteiger partial charge in [-0.3, -0.25) is 4.79 Å². The van der Waals surface area contributed by atoms with Gasteiger partial charge in [-0.05, 0) is 77.8 Å². The van der Waals surface area contributed by atoms with Crippen molar-refractivity contribution in [3.05, 3.63) is 19.5 Å². The van der Waals surface area contributed by atoms with E-state index >= 15 is 0 Å². The van der Waals surface area contributed by atoms with Crippen molar-refractivity contribution in [1.29, 1.82) is 0 Å². The molecule has 0 aromatic heterocycles. The molecule has 0 bridgehead atoms. The molecule has 1 rings (SSSR count). The number of carbonyl (C=O) groups is 1. The van der Waals surface area contributed by atoms with Crippen LogP contribution >= 0.6 is 103 Å². The molecule has 1 aromatic rings. The fraction of sp³-hybridized carbons (Fsp3) is 0.417. The first-order valence-electron chi connectivity index (χ1n) is 5.93. The molecule has 0 saturated carbocycles. The number of alkyl halides is 4. The van der Waals surface area contributed by atoms with E-state index in [9.17, 15) is 13.6 Å². The van der Waals surface area contributed by atoms with Crippen molar-refractivity contribution in [3.8, 4) is 0 Å². The molecule has 23 heavy (non-hydrogen) atoms. The molecule has 0 atom stereocenters. The Balaban J connectivity index is 3.00. The summed E-state index contributed by atoms with van der Waals surface area (Å²) in [7, 11) is 0. The molecular weight excluding hydrogens is 678 g/mol. The summed E-state index contributed by atoms with van der Waals surface area (Å²) in [5, 5.41) is 5.60. The second-order valence-electron chi connectivity index (χ2n) is 4.12. The number of rotatable bonds is 8. The number of thioether (sulfide) groups is 2. The Labute approximate surface area is 182 Å². The van der Waals surface area contributed by atoms with Gasteiger partial charge in [0.05, 0.1) is 0 Å². The lowest BCUT2D eigenvalue weighted by Crippen LogP contribution is -2.19. The Morgan fingerprint density at radius 3 is 2.30 bits per heavy atom. The second kappa shape index (κ2) is 10.1. The Morgan fingerprint density at radius 2 is 1.78 bits per heavy atom. The van der Waals surface area contributed by atoms with E-state index in [4.69, 9.17) is 5.11 Å². The quantitative estimate of drug-likeness (QED) is 0.173. The van der Waals surface area contributed by atoms with Gasteiger partial charge in [0.15, 0.2) is 0 Å². The highest BCUT2D eigenvalue weighted by Crippen LogP contribution is 2.51. The molecule has 130 valence electrons. The third-order valence-corrected chi connectivity index (χ3v) is 9.55. The van der Waals surface area contributed by atoms with Gasteiger partial charge >= 0.3 is 11.2 Å². The highest BCUT2D eigenvalue weighted by molar-refractivity contribution is 9.24. The summed E-state index contributed by atoms with van der Waals surface area (Å²) in [5.41, 5.74) is 0. The molecule has 0 fully saturated rings. The van der Waals surface area contributed by atoms with E-state index in [-0.39, 0.29) is 6.42 Å². The van der Waals surface area contributed by atoms with Gasteiger partial charge in [-0.15, -0.1) is 11.8 Å². The molecule has 0 heterocycles. The van der Waals surface area contributed by atoms with Crippen LogP contribution in [0.2, 0.25) is 0 Å². The van der Waals surface area contributed by atoms with Crippen LogP contribution in [0.3, 0.4) is 0 Å². The molecule has 0 saturated heterocycles. The van der Waals surface area contributed by atoms with Crippen LogP contribution in [0.5, 0.6) is 0 Å². The van der Waals surface area contributed by atoms with Crippen LogP contribution in [0.4, 0.5) is 8.78 Å². The summed E-state index contributed by atoms with van der Waals surface area (Å²) in [6.07, 6.45) is 0.575. The van der Waals surface area contributed by atoms with Crippen molar-refractivity contribution in [2.45, 2.75) is 31.6 Å². The maximum atomic E-state index is 14.0. The Bertz CT molecular complexity index is 587. The summed E-state index contributed by atoms with van der Waals surface area (Å²) in [5.74, 6) is -0.276. The first-order chi connectivity index (χ1) is 10.6. The molecule has 11 heteroatoms. The first kappa shape index (κ1) is 22.7. The smallest absolute Gasteiger partial charge is 0.320 e. The summed E-state index contributed by atoms with van der Waals surface area (Å²) in [6.45, 7) is 0. The van der Waals surface area contributed by atoms with Crippen molar-refractivity contribution < 1.29 is 18.7 Å². The average molecular weight is 687 g/mol. The van der Waals surface area contributed by atoms with Crippen LogP contribution in [-0.2, 0) is 4.79 Å². The Hall–Kier alpha value is 1.65. The molecule has 0 unspecified atom stereocenters. The average Bonchev–Trinajstić information content (AvgIpc) is 2.42. The predicted octanol–water partition coefficient (Wildman–Crippen LogP) is 7.73.